The van der Waals surface area contributed by atoms with Gasteiger partial charge in [0.25, 0.3) is 5.91 Å². The van der Waals surface area contributed by atoms with Gasteiger partial charge in [-0.3, -0.25) is 9.59 Å². The lowest BCUT2D eigenvalue weighted by atomic mass is 10.1. The first-order valence-electron chi connectivity index (χ1n) is 11.5. The second-order valence-corrected chi connectivity index (χ2v) is 9.72. The van der Waals surface area contributed by atoms with Gasteiger partial charge in [-0.15, -0.1) is 11.8 Å². The van der Waals surface area contributed by atoms with E-state index in [-0.39, 0.29) is 17.9 Å². The Morgan fingerprint density at radius 3 is 2.25 bits per heavy atom. The third-order valence-corrected chi connectivity index (χ3v) is 7.41. The molecule has 2 saturated heterocycles. The molecule has 0 bridgehead atoms. The second-order valence-electron chi connectivity index (χ2n) is 8.70. The van der Waals surface area contributed by atoms with Gasteiger partial charge in [-0.25, -0.2) is 0 Å². The maximum atomic E-state index is 13.3. The Labute approximate surface area is 195 Å². The Morgan fingerprint density at radius 1 is 0.906 bits per heavy atom. The highest BCUT2D eigenvalue weighted by Crippen LogP contribution is 2.28. The number of para-hydroxylation sites is 1. The predicted octanol–water partition coefficient (Wildman–Crippen LogP) is 4.70. The number of nitrogens with zero attached hydrogens (tertiary/aromatic N) is 2. The van der Waals surface area contributed by atoms with Crippen molar-refractivity contribution >= 4 is 23.6 Å². The Bertz CT molecular complexity index is 943. The second kappa shape index (κ2) is 10.4. The Morgan fingerprint density at radius 2 is 1.56 bits per heavy atom. The van der Waals surface area contributed by atoms with Gasteiger partial charge in [-0.05, 0) is 49.9 Å². The topological polar surface area (TPSA) is 49.9 Å². The first-order chi connectivity index (χ1) is 15.5. The summed E-state index contributed by atoms with van der Waals surface area (Å²) in [6, 6.07) is 13.9. The molecule has 2 aromatic rings. The van der Waals surface area contributed by atoms with Crippen LogP contribution in [0.3, 0.4) is 0 Å². The number of ether oxygens (including phenoxy) is 1. The summed E-state index contributed by atoms with van der Waals surface area (Å²) in [5.74, 6) is 1.57. The van der Waals surface area contributed by atoms with E-state index in [9.17, 15) is 9.59 Å². The van der Waals surface area contributed by atoms with Gasteiger partial charge in [0, 0.05) is 43.9 Å². The van der Waals surface area contributed by atoms with Crippen LogP contribution in [0.25, 0.3) is 0 Å². The molecule has 2 aliphatic rings. The summed E-state index contributed by atoms with van der Waals surface area (Å²) in [6.07, 6.45) is 3.95. The molecule has 0 aromatic heterocycles. The molecule has 2 heterocycles. The van der Waals surface area contributed by atoms with Crippen LogP contribution in [0.15, 0.2) is 47.4 Å². The van der Waals surface area contributed by atoms with Gasteiger partial charge in [0.1, 0.15) is 11.9 Å². The van der Waals surface area contributed by atoms with Crippen molar-refractivity contribution in [3.05, 3.63) is 59.2 Å². The van der Waals surface area contributed by atoms with Crippen LogP contribution in [0.5, 0.6) is 5.75 Å². The molecule has 0 atom stereocenters. The molecule has 0 radical (unpaired) electrons. The number of benzene rings is 2. The average Bonchev–Trinajstić information content (AvgIpc) is 3.35. The largest absolute Gasteiger partial charge is 0.490 e. The highest BCUT2D eigenvalue weighted by atomic mass is 32.2. The molecule has 2 amide bonds. The molecule has 4 rings (SSSR count). The van der Waals surface area contributed by atoms with Gasteiger partial charge >= 0.3 is 0 Å². The van der Waals surface area contributed by atoms with E-state index in [4.69, 9.17) is 4.74 Å². The summed E-state index contributed by atoms with van der Waals surface area (Å²) in [6.45, 7) is 7.23. The Hall–Kier alpha value is -2.47. The number of carbonyl (C=O) groups excluding carboxylic acids is 2. The Balaban J connectivity index is 1.34. The van der Waals surface area contributed by atoms with Crippen molar-refractivity contribution in [2.75, 3.05) is 31.9 Å². The lowest BCUT2D eigenvalue weighted by Crippen LogP contribution is -2.42. The number of carbonyl (C=O) groups is 2. The van der Waals surface area contributed by atoms with E-state index >= 15 is 0 Å². The van der Waals surface area contributed by atoms with Crippen LogP contribution in [0.4, 0.5) is 0 Å². The van der Waals surface area contributed by atoms with Crippen LogP contribution in [-0.4, -0.2) is 59.7 Å². The zero-order chi connectivity index (χ0) is 22.5. The minimum absolute atomic E-state index is 0.0484. The quantitative estimate of drug-likeness (QED) is 0.596. The van der Waals surface area contributed by atoms with Crippen LogP contribution >= 0.6 is 11.8 Å². The third kappa shape index (κ3) is 5.29. The molecule has 32 heavy (non-hydrogen) atoms. The van der Waals surface area contributed by atoms with E-state index in [0.29, 0.717) is 24.4 Å². The summed E-state index contributed by atoms with van der Waals surface area (Å²) >= 11 is 1.48. The minimum atomic E-state index is 0.0484. The average molecular weight is 453 g/mol. The number of thioether (sulfide) groups is 1. The zero-order valence-corrected chi connectivity index (χ0v) is 19.8. The van der Waals surface area contributed by atoms with Gasteiger partial charge in [0.15, 0.2) is 0 Å². The van der Waals surface area contributed by atoms with E-state index in [2.05, 4.69) is 26.0 Å². The van der Waals surface area contributed by atoms with Crippen LogP contribution in [0.1, 0.15) is 47.2 Å². The number of rotatable bonds is 6. The van der Waals surface area contributed by atoms with E-state index in [0.717, 1.165) is 60.5 Å². The standard InChI is InChI=1S/C26H32N2O3S/c1-19-8-7-9-20(2)25(19)31-21-12-16-28(17-13-21)26(30)22-10-3-4-11-23(22)32-18-24(29)27-14-5-6-15-27/h3-4,7-11,21H,5-6,12-18H2,1-2H3. The molecule has 2 aliphatic heterocycles. The van der Waals surface area contributed by atoms with Crippen molar-refractivity contribution in [2.45, 2.75) is 50.5 Å². The highest BCUT2D eigenvalue weighted by Gasteiger charge is 2.27. The first-order valence-corrected chi connectivity index (χ1v) is 12.5. The van der Waals surface area contributed by atoms with E-state index in [1.165, 1.54) is 11.8 Å². The number of hydrogen-bond acceptors (Lipinski definition) is 4. The van der Waals surface area contributed by atoms with Crippen molar-refractivity contribution in [2.24, 2.45) is 0 Å². The van der Waals surface area contributed by atoms with Crippen molar-refractivity contribution in [1.29, 1.82) is 0 Å². The monoisotopic (exact) mass is 452 g/mol. The fourth-order valence-corrected chi connectivity index (χ4v) is 5.41. The lowest BCUT2D eigenvalue weighted by molar-refractivity contribution is -0.127. The first kappa shape index (κ1) is 22.7. The summed E-state index contributed by atoms with van der Waals surface area (Å²) in [7, 11) is 0. The summed E-state index contributed by atoms with van der Waals surface area (Å²) in [4.78, 5) is 30.4. The van der Waals surface area contributed by atoms with Crippen molar-refractivity contribution in [3.8, 4) is 5.75 Å². The van der Waals surface area contributed by atoms with Gasteiger partial charge in [0.2, 0.25) is 5.91 Å². The highest BCUT2D eigenvalue weighted by molar-refractivity contribution is 8.00. The van der Waals surface area contributed by atoms with E-state index < -0.39 is 0 Å². The number of aryl methyl sites for hydroxylation is 2. The van der Waals surface area contributed by atoms with Gasteiger partial charge in [0.05, 0.1) is 11.3 Å². The molecule has 0 aliphatic carbocycles. The molecule has 6 heteroatoms. The molecule has 0 spiro atoms. The van der Waals surface area contributed by atoms with Crippen LogP contribution in [0, 0.1) is 13.8 Å². The molecule has 0 unspecified atom stereocenters. The lowest BCUT2D eigenvalue weighted by Gasteiger charge is -2.33. The minimum Gasteiger partial charge on any atom is -0.490 e. The van der Waals surface area contributed by atoms with Crippen molar-refractivity contribution < 1.29 is 14.3 Å². The van der Waals surface area contributed by atoms with Crippen LogP contribution in [-0.2, 0) is 4.79 Å². The van der Waals surface area contributed by atoms with Gasteiger partial charge in [-0.1, -0.05) is 30.3 Å². The molecule has 2 aromatic carbocycles. The summed E-state index contributed by atoms with van der Waals surface area (Å²) in [5.41, 5.74) is 3.00. The van der Waals surface area contributed by atoms with Crippen molar-refractivity contribution in [1.82, 2.24) is 9.80 Å². The summed E-state index contributed by atoms with van der Waals surface area (Å²) in [5, 5.41) is 0. The molecule has 0 N–H and O–H groups in total. The molecule has 0 saturated carbocycles. The van der Waals surface area contributed by atoms with Crippen molar-refractivity contribution in [3.63, 3.8) is 0 Å². The Kier molecular flexibility index (Phi) is 7.40. The molecule has 2 fully saturated rings. The summed E-state index contributed by atoms with van der Waals surface area (Å²) < 4.78 is 6.30. The van der Waals surface area contributed by atoms with Crippen LogP contribution < -0.4 is 4.74 Å². The number of hydrogen-bond donors (Lipinski definition) is 0. The van der Waals surface area contributed by atoms with E-state index in [1.807, 2.05) is 40.1 Å². The fraction of sp³-hybridized carbons (Fsp3) is 0.462. The molecule has 170 valence electrons. The normalized spacial score (nSPS) is 16.9. The molecular formula is C26H32N2O3S. The number of likely N-dealkylation sites (tertiary alicyclic amines) is 2. The predicted molar refractivity (Wildman–Crippen MR) is 128 cm³/mol. The van der Waals surface area contributed by atoms with E-state index in [1.54, 1.807) is 0 Å². The smallest absolute Gasteiger partial charge is 0.254 e. The van der Waals surface area contributed by atoms with Gasteiger partial charge in [-0.2, -0.15) is 0 Å². The van der Waals surface area contributed by atoms with Gasteiger partial charge < -0.3 is 14.5 Å². The zero-order valence-electron chi connectivity index (χ0n) is 19.0. The van der Waals surface area contributed by atoms with Crippen LogP contribution in [0.2, 0.25) is 0 Å². The molecular weight excluding hydrogens is 420 g/mol. The SMILES string of the molecule is Cc1cccc(C)c1OC1CCN(C(=O)c2ccccc2SCC(=O)N2CCCC2)CC1. The number of amides is 2. The maximum Gasteiger partial charge on any atom is 0.254 e. The fourth-order valence-electron chi connectivity index (χ4n) is 4.47. The third-order valence-electron chi connectivity index (χ3n) is 6.35. The number of piperidine rings is 1. The maximum absolute atomic E-state index is 13.3. The molecule has 5 nitrogen and oxygen atoms in total.